The SMILES string of the molecule is CCn1c2ccccc2c2cc(C3Nc4ccccc4NC4=C3C(=O)CC(c3ccc(OCC(C)C)cc3)C4)ccc21. The molecule has 212 valence electrons. The third-order valence-corrected chi connectivity index (χ3v) is 8.69. The van der Waals surface area contributed by atoms with Crippen molar-refractivity contribution in [1.82, 2.24) is 4.57 Å². The third-order valence-electron chi connectivity index (χ3n) is 8.69. The van der Waals surface area contributed by atoms with Crippen LogP contribution in [0.4, 0.5) is 11.4 Å². The van der Waals surface area contributed by atoms with Crippen LogP contribution in [0.5, 0.6) is 5.75 Å². The highest BCUT2D eigenvalue weighted by atomic mass is 16.5. The number of ketones is 1. The highest BCUT2D eigenvalue weighted by molar-refractivity contribution is 6.08. The van der Waals surface area contributed by atoms with Crippen molar-refractivity contribution in [1.29, 1.82) is 0 Å². The molecular weight excluding hydrogens is 518 g/mol. The summed E-state index contributed by atoms with van der Waals surface area (Å²) in [5, 5.41) is 9.91. The number of ether oxygens (including phenoxy) is 1. The van der Waals surface area contributed by atoms with Crippen molar-refractivity contribution in [2.45, 2.75) is 52.1 Å². The second-order valence-electron chi connectivity index (χ2n) is 12.0. The van der Waals surface area contributed by atoms with Gasteiger partial charge < -0.3 is 19.9 Å². The van der Waals surface area contributed by atoms with Crippen molar-refractivity contribution in [2.24, 2.45) is 5.92 Å². The van der Waals surface area contributed by atoms with E-state index in [9.17, 15) is 4.79 Å². The molecule has 2 atom stereocenters. The number of nitrogens with one attached hydrogen (secondary N) is 2. The highest BCUT2D eigenvalue weighted by Gasteiger charge is 2.36. The molecule has 0 spiro atoms. The second-order valence-corrected chi connectivity index (χ2v) is 12.0. The molecular formula is C37H37N3O2. The van der Waals surface area contributed by atoms with E-state index in [2.05, 4.69) is 103 Å². The van der Waals surface area contributed by atoms with Crippen LogP contribution in [0.2, 0.25) is 0 Å². The summed E-state index contributed by atoms with van der Waals surface area (Å²) in [5.41, 5.74) is 8.60. The first-order valence-electron chi connectivity index (χ1n) is 15.1. The summed E-state index contributed by atoms with van der Waals surface area (Å²) in [6, 6.07) is 31.6. The molecule has 2 N–H and O–H groups in total. The molecule has 2 unspecified atom stereocenters. The molecule has 2 aliphatic rings. The summed E-state index contributed by atoms with van der Waals surface area (Å²) < 4.78 is 8.27. The average molecular weight is 556 g/mol. The van der Waals surface area contributed by atoms with Gasteiger partial charge in [-0.25, -0.2) is 0 Å². The van der Waals surface area contributed by atoms with E-state index in [1.807, 2.05) is 24.3 Å². The van der Waals surface area contributed by atoms with Crippen LogP contribution in [0.1, 0.15) is 56.7 Å². The predicted molar refractivity (Wildman–Crippen MR) is 172 cm³/mol. The van der Waals surface area contributed by atoms with Crippen LogP contribution in [-0.2, 0) is 11.3 Å². The molecule has 1 aromatic heterocycles. The zero-order chi connectivity index (χ0) is 28.8. The molecule has 0 fully saturated rings. The van der Waals surface area contributed by atoms with Crippen molar-refractivity contribution < 1.29 is 9.53 Å². The Bertz CT molecular complexity index is 1830. The van der Waals surface area contributed by atoms with E-state index in [0.717, 1.165) is 46.9 Å². The van der Waals surface area contributed by atoms with E-state index in [-0.39, 0.29) is 17.7 Å². The molecule has 1 aliphatic heterocycles. The Morgan fingerprint density at radius 2 is 1.55 bits per heavy atom. The maximum Gasteiger partial charge on any atom is 0.163 e. The molecule has 0 bridgehead atoms. The smallest absolute Gasteiger partial charge is 0.163 e. The quantitative estimate of drug-likeness (QED) is 0.220. The third kappa shape index (κ3) is 4.63. The van der Waals surface area contributed by atoms with Gasteiger partial charge in [0.1, 0.15) is 5.75 Å². The fraction of sp³-hybridized carbons (Fsp3) is 0.270. The molecule has 5 heteroatoms. The first-order valence-corrected chi connectivity index (χ1v) is 15.1. The van der Waals surface area contributed by atoms with E-state index in [1.54, 1.807) is 0 Å². The first kappa shape index (κ1) is 26.4. The molecule has 0 saturated heterocycles. The van der Waals surface area contributed by atoms with Crippen LogP contribution in [0.25, 0.3) is 21.8 Å². The Morgan fingerprint density at radius 1 is 0.833 bits per heavy atom. The molecule has 0 radical (unpaired) electrons. The lowest BCUT2D eigenvalue weighted by Gasteiger charge is -2.30. The Kier molecular flexibility index (Phi) is 6.73. The number of hydrogen-bond acceptors (Lipinski definition) is 4. The van der Waals surface area contributed by atoms with Gasteiger partial charge >= 0.3 is 0 Å². The van der Waals surface area contributed by atoms with Gasteiger partial charge in [-0.05, 0) is 78.8 Å². The Hall–Kier alpha value is -4.51. The zero-order valence-electron chi connectivity index (χ0n) is 24.5. The van der Waals surface area contributed by atoms with Gasteiger partial charge in [0.15, 0.2) is 5.78 Å². The molecule has 0 saturated carbocycles. The number of carbonyl (C=O) groups excluding carboxylic acids is 1. The number of benzene rings is 4. The number of para-hydroxylation sites is 3. The predicted octanol–water partition coefficient (Wildman–Crippen LogP) is 8.83. The average Bonchev–Trinajstić information content (AvgIpc) is 3.22. The number of Topliss-reactive ketones (excluding diaryl/α,β-unsaturated/α-hetero) is 1. The summed E-state index contributed by atoms with van der Waals surface area (Å²) in [5.74, 6) is 1.65. The van der Waals surface area contributed by atoms with E-state index in [1.165, 1.54) is 27.4 Å². The van der Waals surface area contributed by atoms with Crippen LogP contribution in [0.15, 0.2) is 102 Å². The van der Waals surface area contributed by atoms with Crippen molar-refractivity contribution >= 4 is 39.0 Å². The van der Waals surface area contributed by atoms with Crippen LogP contribution < -0.4 is 15.4 Å². The van der Waals surface area contributed by atoms with Crippen LogP contribution in [-0.4, -0.2) is 17.0 Å². The standard InChI is InChI=1S/C37H37N3O2/c1-4-40-33-12-8-5-9-28(33)29-19-25(15-18-34(29)40)37-36-32(38-30-10-6-7-11-31(30)39-37)20-26(21-35(36)41)24-13-16-27(17-14-24)42-22-23(2)3/h5-19,23,26,37-39H,4,20-22H2,1-3H3. The number of allylic oxidation sites excluding steroid dienone is 1. The Labute approximate surface area is 247 Å². The van der Waals surface area contributed by atoms with Gasteiger partial charge in [-0.15, -0.1) is 0 Å². The van der Waals surface area contributed by atoms with E-state index < -0.39 is 0 Å². The molecule has 5 aromatic rings. The highest BCUT2D eigenvalue weighted by Crippen LogP contribution is 2.45. The maximum absolute atomic E-state index is 14.1. The largest absolute Gasteiger partial charge is 0.493 e. The number of aryl methyl sites for hydroxylation is 1. The minimum absolute atomic E-state index is 0.110. The van der Waals surface area contributed by atoms with Gasteiger partial charge in [-0.2, -0.15) is 0 Å². The molecule has 0 amide bonds. The van der Waals surface area contributed by atoms with Crippen LogP contribution in [0.3, 0.4) is 0 Å². The van der Waals surface area contributed by atoms with Gasteiger partial charge in [-0.3, -0.25) is 4.79 Å². The number of anilines is 2. The molecule has 42 heavy (non-hydrogen) atoms. The topological polar surface area (TPSA) is 55.3 Å². The minimum atomic E-state index is -0.246. The first-order chi connectivity index (χ1) is 20.5. The monoisotopic (exact) mass is 555 g/mol. The van der Waals surface area contributed by atoms with E-state index >= 15 is 0 Å². The molecule has 7 rings (SSSR count). The molecule has 1 aliphatic carbocycles. The Morgan fingerprint density at radius 3 is 2.33 bits per heavy atom. The summed E-state index contributed by atoms with van der Waals surface area (Å²) in [6.45, 7) is 8.09. The van der Waals surface area contributed by atoms with Gasteiger partial charge in [0.05, 0.1) is 24.0 Å². The number of hydrogen-bond donors (Lipinski definition) is 2. The zero-order valence-corrected chi connectivity index (χ0v) is 24.5. The van der Waals surface area contributed by atoms with Crippen LogP contribution >= 0.6 is 0 Å². The van der Waals surface area contributed by atoms with Crippen molar-refractivity contribution in [3.8, 4) is 5.75 Å². The number of aromatic nitrogens is 1. The second kappa shape index (κ2) is 10.7. The van der Waals surface area contributed by atoms with Gasteiger partial charge in [0.25, 0.3) is 0 Å². The van der Waals surface area contributed by atoms with Gasteiger partial charge in [0.2, 0.25) is 0 Å². The van der Waals surface area contributed by atoms with Crippen LogP contribution in [0, 0.1) is 5.92 Å². The summed E-state index contributed by atoms with van der Waals surface area (Å²) in [4.78, 5) is 14.1. The normalized spacial score (nSPS) is 18.4. The van der Waals surface area contributed by atoms with Gasteiger partial charge in [0, 0.05) is 46.0 Å². The number of fused-ring (bicyclic) bond motifs is 4. The minimum Gasteiger partial charge on any atom is -0.493 e. The fourth-order valence-electron chi connectivity index (χ4n) is 6.67. The molecule has 4 aromatic carbocycles. The summed E-state index contributed by atoms with van der Waals surface area (Å²) >= 11 is 0. The summed E-state index contributed by atoms with van der Waals surface area (Å²) in [7, 11) is 0. The molecule has 2 heterocycles. The molecule has 5 nitrogen and oxygen atoms in total. The van der Waals surface area contributed by atoms with Gasteiger partial charge in [-0.1, -0.05) is 62.4 Å². The number of carbonyl (C=O) groups is 1. The fourth-order valence-corrected chi connectivity index (χ4v) is 6.67. The maximum atomic E-state index is 14.1. The number of nitrogens with zero attached hydrogens (tertiary/aromatic N) is 1. The number of rotatable bonds is 6. The van der Waals surface area contributed by atoms with Crippen molar-refractivity contribution in [2.75, 3.05) is 17.2 Å². The van der Waals surface area contributed by atoms with Crippen molar-refractivity contribution in [3.05, 3.63) is 113 Å². The lowest BCUT2D eigenvalue weighted by atomic mass is 9.78. The van der Waals surface area contributed by atoms with E-state index in [4.69, 9.17) is 4.74 Å². The lowest BCUT2D eigenvalue weighted by Crippen LogP contribution is -2.26. The summed E-state index contributed by atoms with van der Waals surface area (Å²) in [6.07, 6.45) is 1.26. The Balaban J connectivity index is 1.29. The van der Waals surface area contributed by atoms with E-state index in [0.29, 0.717) is 18.9 Å². The lowest BCUT2D eigenvalue weighted by molar-refractivity contribution is -0.116. The van der Waals surface area contributed by atoms with Crippen molar-refractivity contribution in [3.63, 3.8) is 0 Å².